The van der Waals surface area contributed by atoms with Crippen LogP contribution < -0.4 is 9.47 Å². The van der Waals surface area contributed by atoms with E-state index in [1.807, 2.05) is 0 Å². The lowest BCUT2D eigenvalue weighted by atomic mass is 10.1. The Morgan fingerprint density at radius 1 is 0.488 bits per heavy atom. The van der Waals surface area contributed by atoms with Gasteiger partial charge >= 0.3 is 23.9 Å². The van der Waals surface area contributed by atoms with E-state index in [0.717, 1.165) is 12.1 Å². The number of ether oxygens (including phenoxy) is 2. The molecule has 208 valence electrons. The van der Waals surface area contributed by atoms with Crippen molar-refractivity contribution in [1.82, 2.24) is 0 Å². The molecule has 0 atom stereocenters. The van der Waals surface area contributed by atoms with Gasteiger partial charge in [-0.1, -0.05) is 12.1 Å². The molecule has 0 unspecified atom stereocenters. The average Bonchev–Trinajstić information content (AvgIpc) is 2.93. The molecule has 0 bridgehead atoms. The zero-order chi connectivity index (χ0) is 29.9. The summed E-state index contributed by atoms with van der Waals surface area (Å²) in [6.45, 7) is 0. The lowest BCUT2D eigenvalue weighted by Crippen LogP contribution is -2.09. The highest BCUT2D eigenvalue weighted by atomic mass is 32.2. The van der Waals surface area contributed by atoms with Crippen molar-refractivity contribution in [2.24, 2.45) is 0 Å². The minimum absolute atomic E-state index is 0.0514. The fourth-order valence-corrected chi connectivity index (χ4v) is 5.05. The van der Waals surface area contributed by atoms with Crippen LogP contribution in [0.25, 0.3) is 0 Å². The van der Waals surface area contributed by atoms with Crippen LogP contribution in [0.3, 0.4) is 0 Å². The first-order valence-electron chi connectivity index (χ1n) is 11.4. The number of carbonyl (C=O) groups is 4. The Morgan fingerprint density at radius 2 is 0.829 bits per heavy atom. The van der Waals surface area contributed by atoms with Crippen LogP contribution in [0.15, 0.2) is 94.7 Å². The van der Waals surface area contributed by atoms with Crippen LogP contribution >= 0.6 is 0 Å². The van der Waals surface area contributed by atoms with Crippen LogP contribution in [-0.2, 0) is 9.84 Å². The fraction of sp³-hybridized carbons (Fsp3) is 0. The molecule has 4 N–H and O–H groups in total. The van der Waals surface area contributed by atoms with Gasteiger partial charge in [-0.25, -0.2) is 27.6 Å². The van der Waals surface area contributed by atoms with Gasteiger partial charge in [0.25, 0.3) is 0 Å². The maximum absolute atomic E-state index is 13.1. The molecule has 4 rings (SSSR count). The van der Waals surface area contributed by atoms with Gasteiger partial charge < -0.3 is 29.9 Å². The van der Waals surface area contributed by atoms with E-state index < -0.39 is 56.0 Å². The minimum atomic E-state index is -4.05. The molecule has 41 heavy (non-hydrogen) atoms. The van der Waals surface area contributed by atoms with Crippen molar-refractivity contribution < 1.29 is 57.5 Å². The Kier molecular flexibility index (Phi) is 7.73. The molecule has 13 heteroatoms. The summed E-state index contributed by atoms with van der Waals surface area (Å²) in [5.74, 6) is -6.33. The Hall–Kier alpha value is -5.69. The second-order valence-corrected chi connectivity index (χ2v) is 10.2. The van der Waals surface area contributed by atoms with E-state index in [1.165, 1.54) is 72.8 Å². The van der Waals surface area contributed by atoms with Crippen LogP contribution in [0.1, 0.15) is 41.4 Å². The zero-order valence-corrected chi connectivity index (χ0v) is 21.4. The summed E-state index contributed by atoms with van der Waals surface area (Å²) in [6, 6.07) is 17.3. The third-order valence-corrected chi connectivity index (χ3v) is 7.45. The van der Waals surface area contributed by atoms with Gasteiger partial charge in [0.1, 0.15) is 34.1 Å². The molecule has 4 aromatic rings. The molecule has 0 aliphatic rings. The molecule has 0 aromatic heterocycles. The van der Waals surface area contributed by atoms with Crippen LogP contribution in [0, 0.1) is 0 Å². The van der Waals surface area contributed by atoms with Crippen LogP contribution in [0.4, 0.5) is 0 Å². The molecule has 0 amide bonds. The van der Waals surface area contributed by atoms with Crippen molar-refractivity contribution in [2.75, 3.05) is 0 Å². The normalized spacial score (nSPS) is 10.9. The van der Waals surface area contributed by atoms with Crippen molar-refractivity contribution in [3.05, 3.63) is 107 Å². The smallest absolute Gasteiger partial charge is 0.340 e. The van der Waals surface area contributed by atoms with Gasteiger partial charge in [0.05, 0.1) is 20.9 Å². The van der Waals surface area contributed by atoms with E-state index in [9.17, 15) is 48.0 Å². The van der Waals surface area contributed by atoms with Crippen molar-refractivity contribution in [3.63, 3.8) is 0 Å². The van der Waals surface area contributed by atoms with E-state index in [4.69, 9.17) is 9.47 Å². The first-order valence-corrected chi connectivity index (χ1v) is 12.9. The number of sulfone groups is 1. The monoisotopic (exact) mass is 578 g/mol. The molecule has 0 spiro atoms. The molecule has 0 radical (unpaired) electrons. The summed E-state index contributed by atoms with van der Waals surface area (Å²) >= 11 is 0. The molecular formula is C28H18O12S. The maximum Gasteiger partial charge on any atom is 0.340 e. The highest BCUT2D eigenvalue weighted by Crippen LogP contribution is 2.32. The van der Waals surface area contributed by atoms with Gasteiger partial charge in [-0.2, -0.15) is 0 Å². The summed E-state index contributed by atoms with van der Waals surface area (Å²) in [4.78, 5) is 45.7. The van der Waals surface area contributed by atoms with E-state index in [1.54, 1.807) is 0 Å². The Labute approximate surface area is 231 Å². The summed E-state index contributed by atoms with van der Waals surface area (Å²) in [5, 5.41) is 37.4. The lowest BCUT2D eigenvalue weighted by Gasteiger charge is -2.12. The molecular weight excluding hydrogens is 560 g/mol. The van der Waals surface area contributed by atoms with Crippen molar-refractivity contribution >= 4 is 33.7 Å². The number of carboxylic acids is 4. The third kappa shape index (κ3) is 5.84. The molecule has 0 fully saturated rings. The van der Waals surface area contributed by atoms with E-state index in [-0.39, 0.29) is 32.8 Å². The second kappa shape index (κ2) is 11.2. The van der Waals surface area contributed by atoms with Gasteiger partial charge in [0, 0.05) is 0 Å². The highest BCUT2D eigenvalue weighted by molar-refractivity contribution is 7.91. The SMILES string of the molecule is O=C(O)c1cccc(Oc2ccc(S(=O)(=O)c3ccc(Oc4cccc(C(=O)O)c4C(=O)O)cc3)cc2)c1C(=O)O. The Morgan fingerprint density at radius 3 is 1.12 bits per heavy atom. The summed E-state index contributed by atoms with van der Waals surface area (Å²) in [7, 11) is -4.05. The summed E-state index contributed by atoms with van der Waals surface area (Å²) < 4.78 is 37.3. The summed E-state index contributed by atoms with van der Waals surface area (Å²) in [6.07, 6.45) is 0. The predicted octanol–water partition coefficient (Wildman–Crippen LogP) is 4.90. The molecule has 12 nitrogen and oxygen atoms in total. The van der Waals surface area contributed by atoms with Crippen molar-refractivity contribution in [3.8, 4) is 23.0 Å². The van der Waals surface area contributed by atoms with E-state index in [0.29, 0.717) is 0 Å². The largest absolute Gasteiger partial charge is 0.478 e. The Balaban J connectivity index is 1.56. The lowest BCUT2D eigenvalue weighted by molar-refractivity contribution is 0.0649. The number of aromatic carboxylic acids is 4. The fourth-order valence-electron chi connectivity index (χ4n) is 3.79. The number of rotatable bonds is 10. The third-order valence-electron chi connectivity index (χ3n) is 5.66. The molecule has 0 heterocycles. The standard InChI is InChI=1S/C28H18O12S/c29-25(30)19-3-1-5-21(23(19)27(33)34)39-15-7-11-17(12-8-15)41(37,38)18-13-9-16(10-14-18)40-22-6-2-4-20(26(31)32)24(22)28(35)36/h1-14H,(H,29,30)(H,31,32)(H,33,34)(H,35,36). The molecule has 0 aliphatic heterocycles. The van der Waals surface area contributed by atoms with Crippen LogP contribution in [-0.4, -0.2) is 52.7 Å². The maximum atomic E-state index is 13.1. The highest BCUT2D eigenvalue weighted by Gasteiger charge is 2.24. The van der Waals surface area contributed by atoms with Gasteiger partial charge in [-0.05, 0) is 72.8 Å². The zero-order valence-electron chi connectivity index (χ0n) is 20.5. The van der Waals surface area contributed by atoms with E-state index >= 15 is 0 Å². The van der Waals surface area contributed by atoms with Crippen molar-refractivity contribution in [2.45, 2.75) is 9.79 Å². The molecule has 0 saturated heterocycles. The quantitative estimate of drug-likeness (QED) is 0.199. The van der Waals surface area contributed by atoms with Crippen molar-refractivity contribution in [1.29, 1.82) is 0 Å². The predicted molar refractivity (Wildman–Crippen MR) is 139 cm³/mol. The number of carboxylic acid groups (broad SMARTS) is 4. The number of hydrogen-bond acceptors (Lipinski definition) is 8. The molecule has 0 aliphatic carbocycles. The van der Waals surface area contributed by atoms with Gasteiger partial charge in [0.15, 0.2) is 0 Å². The minimum Gasteiger partial charge on any atom is -0.478 e. The number of hydrogen-bond donors (Lipinski definition) is 4. The van der Waals surface area contributed by atoms with Gasteiger partial charge in [-0.15, -0.1) is 0 Å². The van der Waals surface area contributed by atoms with Gasteiger partial charge in [0.2, 0.25) is 9.84 Å². The molecule has 4 aromatic carbocycles. The molecule has 0 saturated carbocycles. The second-order valence-electron chi connectivity index (χ2n) is 8.23. The first kappa shape index (κ1) is 28.3. The van der Waals surface area contributed by atoms with Crippen LogP contribution in [0.5, 0.6) is 23.0 Å². The van der Waals surface area contributed by atoms with E-state index in [2.05, 4.69) is 0 Å². The number of benzene rings is 4. The first-order chi connectivity index (χ1) is 19.4. The topological polar surface area (TPSA) is 202 Å². The average molecular weight is 579 g/mol. The Bertz CT molecular complexity index is 1660. The summed E-state index contributed by atoms with van der Waals surface area (Å²) in [5.41, 5.74) is -2.08. The van der Waals surface area contributed by atoms with Crippen LogP contribution in [0.2, 0.25) is 0 Å². The van der Waals surface area contributed by atoms with Gasteiger partial charge in [-0.3, -0.25) is 0 Å².